The Morgan fingerprint density at radius 3 is 2.79 bits per heavy atom. The SMILES string of the molecule is COCCc1nsc(NC(C)c2ccc(Cl)cc2)n1. The van der Waals surface area contributed by atoms with Gasteiger partial charge in [-0.3, -0.25) is 0 Å². The molecular formula is C13H16ClN3OS. The molecule has 2 aromatic rings. The minimum Gasteiger partial charge on any atom is -0.384 e. The molecule has 0 radical (unpaired) electrons. The van der Waals surface area contributed by atoms with Gasteiger partial charge in [-0.2, -0.15) is 4.37 Å². The van der Waals surface area contributed by atoms with Crippen LogP contribution in [0, 0.1) is 0 Å². The molecule has 1 aromatic heterocycles. The van der Waals surface area contributed by atoms with Crippen LogP contribution in [0.3, 0.4) is 0 Å². The van der Waals surface area contributed by atoms with E-state index in [-0.39, 0.29) is 6.04 Å². The average molecular weight is 298 g/mol. The van der Waals surface area contributed by atoms with Gasteiger partial charge in [0.1, 0.15) is 5.82 Å². The zero-order chi connectivity index (χ0) is 13.7. The summed E-state index contributed by atoms with van der Waals surface area (Å²) in [5.74, 6) is 0.817. The molecule has 0 aliphatic carbocycles. The number of benzene rings is 1. The Kier molecular flexibility index (Phi) is 5.13. The second-order valence-corrected chi connectivity index (χ2v) is 5.36. The summed E-state index contributed by atoms with van der Waals surface area (Å²) in [6, 6.07) is 7.96. The molecule has 1 aromatic carbocycles. The summed E-state index contributed by atoms with van der Waals surface area (Å²) in [7, 11) is 1.67. The largest absolute Gasteiger partial charge is 0.384 e. The van der Waals surface area contributed by atoms with Gasteiger partial charge in [-0.05, 0) is 24.6 Å². The maximum Gasteiger partial charge on any atom is 0.203 e. The van der Waals surface area contributed by atoms with Gasteiger partial charge in [-0.25, -0.2) is 4.98 Å². The van der Waals surface area contributed by atoms with Crippen LogP contribution in [0.5, 0.6) is 0 Å². The molecule has 0 aliphatic heterocycles. The van der Waals surface area contributed by atoms with Crippen LogP contribution in [-0.2, 0) is 11.2 Å². The minimum atomic E-state index is 0.167. The lowest BCUT2D eigenvalue weighted by atomic mass is 10.1. The molecule has 0 bridgehead atoms. The summed E-state index contributed by atoms with van der Waals surface area (Å²) in [5, 5.41) is 4.91. The molecule has 0 saturated carbocycles. The van der Waals surface area contributed by atoms with E-state index in [1.165, 1.54) is 11.5 Å². The fourth-order valence-corrected chi connectivity index (χ4v) is 2.45. The third-order valence-electron chi connectivity index (χ3n) is 2.71. The van der Waals surface area contributed by atoms with Crippen molar-refractivity contribution < 1.29 is 4.74 Å². The van der Waals surface area contributed by atoms with E-state index >= 15 is 0 Å². The van der Waals surface area contributed by atoms with Crippen molar-refractivity contribution in [1.29, 1.82) is 0 Å². The number of anilines is 1. The molecule has 0 spiro atoms. The molecule has 1 unspecified atom stereocenters. The molecule has 2 rings (SSSR count). The Balaban J connectivity index is 1.96. The molecule has 0 amide bonds. The molecule has 19 heavy (non-hydrogen) atoms. The van der Waals surface area contributed by atoms with E-state index in [0.29, 0.717) is 6.61 Å². The van der Waals surface area contributed by atoms with Crippen molar-refractivity contribution in [2.24, 2.45) is 0 Å². The Labute approximate surface area is 122 Å². The molecule has 6 heteroatoms. The summed E-state index contributed by atoms with van der Waals surface area (Å²) in [6.45, 7) is 2.72. The molecule has 0 saturated heterocycles. The third kappa shape index (κ3) is 4.16. The first kappa shape index (κ1) is 14.2. The van der Waals surface area contributed by atoms with E-state index in [4.69, 9.17) is 16.3 Å². The van der Waals surface area contributed by atoms with Crippen LogP contribution in [0.2, 0.25) is 5.02 Å². The standard InChI is InChI=1S/C13H16ClN3OS/c1-9(10-3-5-11(14)6-4-10)15-13-16-12(17-19-13)7-8-18-2/h3-6,9H,7-8H2,1-2H3,(H,15,16,17). The van der Waals surface area contributed by atoms with Crippen molar-refractivity contribution in [1.82, 2.24) is 9.36 Å². The maximum atomic E-state index is 5.88. The van der Waals surface area contributed by atoms with Crippen molar-refractivity contribution in [2.75, 3.05) is 19.0 Å². The van der Waals surface area contributed by atoms with Gasteiger partial charge in [-0.15, -0.1) is 0 Å². The highest BCUT2D eigenvalue weighted by Gasteiger charge is 2.09. The smallest absolute Gasteiger partial charge is 0.203 e. The topological polar surface area (TPSA) is 47.0 Å². The van der Waals surface area contributed by atoms with Crippen molar-refractivity contribution in [3.05, 3.63) is 40.7 Å². The second-order valence-electron chi connectivity index (χ2n) is 4.18. The van der Waals surface area contributed by atoms with Crippen LogP contribution in [0.25, 0.3) is 0 Å². The molecule has 1 atom stereocenters. The van der Waals surface area contributed by atoms with Crippen molar-refractivity contribution in [3.8, 4) is 0 Å². The molecule has 1 heterocycles. The molecule has 1 N–H and O–H groups in total. The number of methoxy groups -OCH3 is 1. The Morgan fingerprint density at radius 2 is 2.11 bits per heavy atom. The van der Waals surface area contributed by atoms with Crippen LogP contribution >= 0.6 is 23.1 Å². The average Bonchev–Trinajstić information content (AvgIpc) is 2.84. The number of nitrogens with one attached hydrogen (secondary N) is 1. The Hall–Kier alpha value is -1.17. The molecule has 0 fully saturated rings. The van der Waals surface area contributed by atoms with Gasteiger partial charge in [0.2, 0.25) is 5.13 Å². The van der Waals surface area contributed by atoms with Gasteiger partial charge in [0.25, 0.3) is 0 Å². The highest BCUT2D eigenvalue weighted by atomic mass is 35.5. The van der Waals surface area contributed by atoms with E-state index in [9.17, 15) is 0 Å². The van der Waals surface area contributed by atoms with Gasteiger partial charge in [0.05, 0.1) is 12.6 Å². The summed E-state index contributed by atoms with van der Waals surface area (Å²) in [4.78, 5) is 4.42. The number of rotatable bonds is 6. The predicted molar refractivity (Wildman–Crippen MR) is 79.0 cm³/mol. The molecule has 4 nitrogen and oxygen atoms in total. The summed E-state index contributed by atoms with van der Waals surface area (Å²) >= 11 is 7.25. The minimum absolute atomic E-state index is 0.167. The molecule has 0 aliphatic rings. The Morgan fingerprint density at radius 1 is 1.37 bits per heavy atom. The monoisotopic (exact) mass is 297 g/mol. The quantitative estimate of drug-likeness (QED) is 0.886. The molecule has 102 valence electrons. The van der Waals surface area contributed by atoms with Gasteiger partial charge >= 0.3 is 0 Å². The van der Waals surface area contributed by atoms with Crippen LogP contribution in [0.15, 0.2) is 24.3 Å². The number of aromatic nitrogens is 2. The normalized spacial score (nSPS) is 12.4. The zero-order valence-corrected chi connectivity index (χ0v) is 12.5. The van der Waals surface area contributed by atoms with Crippen molar-refractivity contribution in [3.63, 3.8) is 0 Å². The number of nitrogens with zero attached hydrogens (tertiary/aromatic N) is 2. The van der Waals surface area contributed by atoms with E-state index in [2.05, 4.69) is 21.6 Å². The number of hydrogen-bond acceptors (Lipinski definition) is 5. The highest BCUT2D eigenvalue weighted by molar-refractivity contribution is 7.09. The summed E-state index contributed by atoms with van der Waals surface area (Å²) in [6.07, 6.45) is 0.740. The van der Waals surface area contributed by atoms with Crippen LogP contribution in [0.1, 0.15) is 24.4 Å². The van der Waals surface area contributed by atoms with Crippen LogP contribution in [0.4, 0.5) is 5.13 Å². The van der Waals surface area contributed by atoms with Crippen LogP contribution < -0.4 is 5.32 Å². The fourth-order valence-electron chi connectivity index (χ4n) is 1.63. The fraction of sp³-hybridized carbons (Fsp3) is 0.385. The van der Waals surface area contributed by atoms with E-state index < -0.39 is 0 Å². The number of halogens is 1. The van der Waals surface area contributed by atoms with E-state index in [0.717, 1.165) is 28.0 Å². The number of hydrogen-bond donors (Lipinski definition) is 1. The van der Waals surface area contributed by atoms with Gasteiger partial charge in [0.15, 0.2) is 0 Å². The lowest BCUT2D eigenvalue weighted by molar-refractivity contribution is 0.201. The molecular weight excluding hydrogens is 282 g/mol. The van der Waals surface area contributed by atoms with Gasteiger partial charge < -0.3 is 10.1 Å². The second kappa shape index (κ2) is 6.84. The van der Waals surface area contributed by atoms with E-state index in [1.54, 1.807) is 7.11 Å². The summed E-state index contributed by atoms with van der Waals surface area (Å²) in [5.41, 5.74) is 1.16. The van der Waals surface area contributed by atoms with Crippen LogP contribution in [-0.4, -0.2) is 23.1 Å². The third-order valence-corrected chi connectivity index (χ3v) is 3.64. The lowest BCUT2D eigenvalue weighted by Gasteiger charge is -2.12. The zero-order valence-electron chi connectivity index (χ0n) is 10.9. The Bertz CT molecular complexity index is 515. The van der Waals surface area contributed by atoms with Gasteiger partial charge in [-0.1, -0.05) is 23.7 Å². The highest BCUT2D eigenvalue weighted by Crippen LogP contribution is 2.22. The van der Waals surface area contributed by atoms with E-state index in [1.807, 2.05) is 24.3 Å². The first-order valence-corrected chi connectivity index (χ1v) is 7.17. The first-order chi connectivity index (χ1) is 9.19. The van der Waals surface area contributed by atoms with Gasteiger partial charge in [0, 0.05) is 30.1 Å². The lowest BCUT2D eigenvalue weighted by Crippen LogP contribution is -2.06. The van der Waals surface area contributed by atoms with Crippen molar-refractivity contribution >= 4 is 28.3 Å². The first-order valence-electron chi connectivity index (χ1n) is 6.02. The maximum absolute atomic E-state index is 5.88. The number of ether oxygens (including phenoxy) is 1. The predicted octanol–water partition coefficient (Wildman–Crippen LogP) is 3.55. The summed E-state index contributed by atoms with van der Waals surface area (Å²) < 4.78 is 9.29. The van der Waals surface area contributed by atoms with Crippen molar-refractivity contribution in [2.45, 2.75) is 19.4 Å².